The molecule has 2 aromatic rings. The number of aromatic nitrogens is 1. The minimum atomic E-state index is -1.26. The molecule has 1 saturated heterocycles. The fourth-order valence-electron chi connectivity index (χ4n) is 5.12. The van der Waals surface area contributed by atoms with Crippen LogP contribution in [0, 0.1) is 0 Å². The number of alkyl halides is 1. The second kappa shape index (κ2) is 12.5. The van der Waals surface area contributed by atoms with Crippen LogP contribution in [0.2, 0.25) is 0 Å². The van der Waals surface area contributed by atoms with E-state index in [1.807, 2.05) is 30.3 Å². The van der Waals surface area contributed by atoms with Crippen molar-refractivity contribution in [1.29, 1.82) is 0 Å². The average Bonchev–Trinajstić information content (AvgIpc) is 3.28. The minimum absolute atomic E-state index is 0.112. The number of fused-ring (bicyclic) bond motifs is 1. The smallest absolute Gasteiger partial charge is 0.306 e. The van der Waals surface area contributed by atoms with E-state index >= 15 is 4.39 Å². The van der Waals surface area contributed by atoms with Crippen LogP contribution in [-0.4, -0.2) is 75.1 Å². The third-order valence-corrected chi connectivity index (χ3v) is 7.17. The van der Waals surface area contributed by atoms with Crippen molar-refractivity contribution in [3.05, 3.63) is 53.2 Å². The van der Waals surface area contributed by atoms with Crippen molar-refractivity contribution in [1.82, 2.24) is 9.88 Å². The van der Waals surface area contributed by atoms with Crippen LogP contribution in [0.4, 0.5) is 10.2 Å². The zero-order valence-electron chi connectivity index (χ0n) is 21.4. The summed E-state index contributed by atoms with van der Waals surface area (Å²) in [6.45, 7) is 3.51. The summed E-state index contributed by atoms with van der Waals surface area (Å²) in [5.41, 5.74) is 1.91. The monoisotopic (exact) mass is 499 g/mol. The van der Waals surface area contributed by atoms with E-state index in [2.05, 4.69) is 16.3 Å². The van der Waals surface area contributed by atoms with Gasteiger partial charge in [-0.3, -0.25) is 9.69 Å². The second-order valence-electron chi connectivity index (χ2n) is 9.87. The molecule has 2 aliphatic rings. The molecule has 3 heterocycles. The number of aryl methyl sites for hydroxylation is 2. The molecule has 1 N–H and O–H groups in total. The second-order valence-corrected chi connectivity index (χ2v) is 9.87. The van der Waals surface area contributed by atoms with Crippen molar-refractivity contribution in [2.24, 2.45) is 0 Å². The van der Waals surface area contributed by atoms with Gasteiger partial charge < -0.3 is 19.5 Å². The number of anilines is 1. The number of methoxy groups -OCH3 is 2. The molecule has 8 heteroatoms. The highest BCUT2D eigenvalue weighted by Gasteiger charge is 2.39. The Labute approximate surface area is 213 Å². The van der Waals surface area contributed by atoms with Crippen LogP contribution in [0.3, 0.4) is 0 Å². The van der Waals surface area contributed by atoms with Gasteiger partial charge in [-0.25, -0.2) is 9.37 Å². The number of nitrogens with one attached hydrogen (secondary N) is 1. The van der Waals surface area contributed by atoms with Gasteiger partial charge in [0.05, 0.1) is 20.1 Å². The van der Waals surface area contributed by atoms with Crippen molar-refractivity contribution in [2.45, 2.75) is 50.1 Å². The molecule has 36 heavy (non-hydrogen) atoms. The number of benzene rings is 1. The van der Waals surface area contributed by atoms with Crippen molar-refractivity contribution in [3.8, 4) is 5.75 Å². The van der Waals surface area contributed by atoms with E-state index in [9.17, 15) is 4.79 Å². The lowest BCUT2D eigenvalue weighted by Crippen LogP contribution is -2.33. The van der Waals surface area contributed by atoms with E-state index in [0.717, 1.165) is 42.2 Å². The normalized spacial score (nSPS) is 20.4. The lowest BCUT2D eigenvalue weighted by molar-refractivity contribution is -0.141. The van der Waals surface area contributed by atoms with Crippen LogP contribution in [0.5, 0.6) is 5.75 Å². The summed E-state index contributed by atoms with van der Waals surface area (Å²) in [6.07, 6.45) is 3.96. The molecule has 2 aliphatic heterocycles. The van der Waals surface area contributed by atoms with Gasteiger partial charge in [0.15, 0.2) is 0 Å². The Morgan fingerprint density at radius 1 is 1.25 bits per heavy atom. The molecule has 0 aliphatic carbocycles. The molecule has 0 amide bonds. The van der Waals surface area contributed by atoms with Crippen molar-refractivity contribution in [2.75, 3.05) is 58.9 Å². The van der Waals surface area contributed by atoms with Crippen LogP contribution in [0.25, 0.3) is 0 Å². The number of hydrogen-bond acceptors (Lipinski definition) is 7. The molecule has 1 fully saturated rings. The molecule has 0 bridgehead atoms. The molecular formula is C28H38FN3O4. The zero-order chi connectivity index (χ0) is 25.4. The molecule has 7 nitrogen and oxygen atoms in total. The summed E-state index contributed by atoms with van der Waals surface area (Å²) in [5, 5.41) is 3.36. The van der Waals surface area contributed by atoms with Gasteiger partial charge in [-0.2, -0.15) is 0 Å². The quantitative estimate of drug-likeness (QED) is 0.347. The lowest BCUT2D eigenvalue weighted by atomic mass is 9.94. The van der Waals surface area contributed by atoms with E-state index in [1.54, 1.807) is 7.11 Å². The number of hydrogen-bond donors (Lipinski definition) is 1. The van der Waals surface area contributed by atoms with Crippen molar-refractivity contribution >= 4 is 11.8 Å². The van der Waals surface area contributed by atoms with Gasteiger partial charge in [-0.15, -0.1) is 0 Å². The summed E-state index contributed by atoms with van der Waals surface area (Å²) >= 11 is 0. The maximum atomic E-state index is 15.8. The molecule has 0 radical (unpaired) electrons. The maximum Gasteiger partial charge on any atom is 0.306 e. The van der Waals surface area contributed by atoms with E-state index in [0.29, 0.717) is 52.1 Å². The van der Waals surface area contributed by atoms with Crippen LogP contribution < -0.4 is 10.1 Å². The molecule has 196 valence electrons. The maximum absolute atomic E-state index is 15.8. The van der Waals surface area contributed by atoms with Crippen LogP contribution >= 0.6 is 0 Å². The average molecular weight is 500 g/mol. The first kappa shape index (κ1) is 26.4. The van der Waals surface area contributed by atoms with Gasteiger partial charge in [-0.1, -0.05) is 18.2 Å². The van der Waals surface area contributed by atoms with Crippen LogP contribution in [0.1, 0.15) is 48.4 Å². The molecule has 1 aromatic carbocycles. The fourth-order valence-corrected chi connectivity index (χ4v) is 5.12. The SMILES string of the molecule is COCCOc1cccc(C(CC(=O)OC)CN2CC[C@](F)(CCc3ccc4c(n3)NCCC4)C2)c1. The first-order valence-corrected chi connectivity index (χ1v) is 12.9. The summed E-state index contributed by atoms with van der Waals surface area (Å²) in [5.74, 6) is 1.30. The Hall–Kier alpha value is -2.71. The standard InChI is InChI=1S/C28H38FN3O4/c1-34-15-16-36-25-7-3-5-22(17-25)23(18-26(33)35-2)19-32-14-12-28(29,20-32)11-10-24-9-8-21-6-4-13-30-27(21)31-24/h3,5,7-9,17,23H,4,6,10-16,18-20H2,1-2H3,(H,30,31)/t23?,28-/m1/s1. The topological polar surface area (TPSA) is 72.9 Å². The predicted octanol–water partition coefficient (Wildman–Crippen LogP) is 4.16. The van der Waals surface area contributed by atoms with Crippen LogP contribution in [-0.2, 0) is 27.1 Å². The molecule has 2 atom stereocenters. The van der Waals surface area contributed by atoms with Gasteiger partial charge in [0.2, 0.25) is 0 Å². The number of carbonyl (C=O) groups excluding carboxylic acids is 1. The van der Waals surface area contributed by atoms with E-state index in [-0.39, 0.29) is 18.3 Å². The molecule has 1 aromatic heterocycles. The van der Waals surface area contributed by atoms with Crippen LogP contribution in [0.15, 0.2) is 36.4 Å². The first-order valence-electron chi connectivity index (χ1n) is 12.9. The third kappa shape index (κ3) is 7.17. The van der Waals surface area contributed by atoms with E-state index < -0.39 is 5.67 Å². The Morgan fingerprint density at radius 2 is 2.14 bits per heavy atom. The number of nitrogens with zero attached hydrogens (tertiary/aromatic N) is 2. The number of likely N-dealkylation sites (tertiary alicyclic amines) is 1. The Kier molecular flexibility index (Phi) is 9.15. The summed E-state index contributed by atoms with van der Waals surface area (Å²) in [7, 11) is 3.03. The predicted molar refractivity (Wildman–Crippen MR) is 137 cm³/mol. The van der Waals surface area contributed by atoms with Gasteiger partial charge in [0.25, 0.3) is 0 Å². The number of halogens is 1. The highest BCUT2D eigenvalue weighted by molar-refractivity contribution is 5.70. The van der Waals surface area contributed by atoms with Gasteiger partial charge in [0.1, 0.15) is 23.8 Å². The van der Waals surface area contributed by atoms with Gasteiger partial charge in [-0.05, 0) is 61.4 Å². The number of rotatable bonds is 12. The van der Waals surface area contributed by atoms with Crippen molar-refractivity contribution in [3.63, 3.8) is 0 Å². The molecule has 0 saturated carbocycles. The van der Waals surface area contributed by atoms with Crippen molar-refractivity contribution < 1.29 is 23.4 Å². The lowest BCUT2D eigenvalue weighted by Gasteiger charge is -2.25. The number of ether oxygens (including phenoxy) is 3. The summed E-state index contributed by atoms with van der Waals surface area (Å²) in [6, 6.07) is 11.9. The minimum Gasteiger partial charge on any atom is -0.491 e. The van der Waals surface area contributed by atoms with Gasteiger partial charge >= 0.3 is 5.97 Å². The Morgan fingerprint density at radius 3 is 2.97 bits per heavy atom. The van der Waals surface area contributed by atoms with Gasteiger partial charge in [0, 0.05) is 44.9 Å². The fraction of sp³-hybridized carbons (Fsp3) is 0.571. The molecule has 4 rings (SSSR count). The molecule has 1 unspecified atom stereocenters. The highest BCUT2D eigenvalue weighted by atomic mass is 19.1. The Bertz CT molecular complexity index is 1020. The third-order valence-electron chi connectivity index (χ3n) is 7.17. The van der Waals surface area contributed by atoms with E-state index in [4.69, 9.17) is 19.2 Å². The molecule has 0 spiro atoms. The zero-order valence-corrected chi connectivity index (χ0v) is 21.4. The summed E-state index contributed by atoms with van der Waals surface area (Å²) in [4.78, 5) is 19.0. The summed E-state index contributed by atoms with van der Waals surface area (Å²) < 4.78 is 31.6. The Balaban J connectivity index is 1.37. The largest absolute Gasteiger partial charge is 0.491 e. The number of pyridine rings is 1. The number of esters is 1. The van der Waals surface area contributed by atoms with E-state index in [1.165, 1.54) is 12.7 Å². The highest BCUT2D eigenvalue weighted by Crippen LogP contribution is 2.34. The molecular weight excluding hydrogens is 461 g/mol. The number of carbonyl (C=O) groups is 1. The first-order chi connectivity index (χ1) is 17.5.